The van der Waals surface area contributed by atoms with Gasteiger partial charge in [0.1, 0.15) is 11.6 Å². The van der Waals surface area contributed by atoms with Crippen LogP contribution in [0.1, 0.15) is 17.0 Å². The van der Waals surface area contributed by atoms with Crippen molar-refractivity contribution < 1.29 is 4.79 Å². The van der Waals surface area contributed by atoms with Crippen molar-refractivity contribution in [2.45, 2.75) is 20.0 Å². The maximum atomic E-state index is 12.4. The Morgan fingerprint density at radius 3 is 2.68 bits per heavy atom. The number of benzene rings is 1. The van der Waals surface area contributed by atoms with Crippen molar-refractivity contribution in [3.05, 3.63) is 101 Å². The van der Waals surface area contributed by atoms with Crippen LogP contribution < -0.4 is 16.3 Å². The number of carbonyl (C=O) groups excluding carboxylic acids is 1. The van der Waals surface area contributed by atoms with Crippen LogP contribution in [0.2, 0.25) is 0 Å². The number of carbonyl (C=O) groups is 1. The molecular formula is C22H21N7O2. The van der Waals surface area contributed by atoms with Crippen LogP contribution in [-0.2, 0) is 13.1 Å². The molecular weight excluding hydrogens is 394 g/mol. The summed E-state index contributed by atoms with van der Waals surface area (Å²) in [5, 5.41) is 5.67. The van der Waals surface area contributed by atoms with Gasteiger partial charge in [-0.2, -0.15) is 0 Å². The lowest BCUT2D eigenvalue weighted by molar-refractivity contribution is 0.251. The minimum Gasteiger partial charge on any atom is -0.334 e. The lowest BCUT2D eigenvalue weighted by Crippen LogP contribution is -2.28. The van der Waals surface area contributed by atoms with Gasteiger partial charge >= 0.3 is 11.7 Å². The van der Waals surface area contributed by atoms with Gasteiger partial charge in [0.05, 0.1) is 6.54 Å². The Morgan fingerprint density at radius 1 is 0.968 bits per heavy atom. The molecule has 0 saturated heterocycles. The van der Waals surface area contributed by atoms with Crippen molar-refractivity contribution in [2.75, 3.05) is 5.32 Å². The SMILES string of the molecule is Cc1nccn1-c1cc(CNC(=O)Nc2cccc(Cn3cccnc3=O)c2)ccn1. The molecule has 0 unspecified atom stereocenters. The molecule has 1 aromatic carbocycles. The largest absolute Gasteiger partial charge is 0.347 e. The Balaban J connectivity index is 1.37. The molecule has 0 aliphatic heterocycles. The monoisotopic (exact) mass is 415 g/mol. The first-order valence-corrected chi connectivity index (χ1v) is 9.69. The predicted octanol–water partition coefficient (Wildman–Crippen LogP) is 2.50. The zero-order chi connectivity index (χ0) is 21.6. The summed E-state index contributed by atoms with van der Waals surface area (Å²) in [6.07, 6.45) is 8.40. The number of nitrogens with zero attached hydrogens (tertiary/aromatic N) is 5. The summed E-state index contributed by atoms with van der Waals surface area (Å²) < 4.78 is 3.38. The number of urea groups is 1. The van der Waals surface area contributed by atoms with Crippen molar-refractivity contribution in [1.82, 2.24) is 29.4 Å². The first kappa shape index (κ1) is 20.0. The summed E-state index contributed by atoms with van der Waals surface area (Å²) in [4.78, 5) is 36.4. The van der Waals surface area contributed by atoms with E-state index in [1.54, 1.807) is 30.7 Å². The highest BCUT2D eigenvalue weighted by Gasteiger charge is 2.06. The second-order valence-corrected chi connectivity index (χ2v) is 6.90. The molecule has 4 rings (SSSR count). The summed E-state index contributed by atoms with van der Waals surface area (Å²) >= 11 is 0. The van der Waals surface area contributed by atoms with Crippen LogP contribution in [0.3, 0.4) is 0 Å². The average molecular weight is 415 g/mol. The molecule has 0 radical (unpaired) electrons. The molecule has 4 aromatic rings. The normalized spacial score (nSPS) is 10.6. The highest BCUT2D eigenvalue weighted by molar-refractivity contribution is 5.89. The summed E-state index contributed by atoms with van der Waals surface area (Å²) in [5.74, 6) is 1.58. The standard InChI is InChI=1S/C22H21N7O2/c1-16-23-9-11-29(16)20-13-17(6-8-24-20)14-26-21(30)27-19-5-2-4-18(12-19)15-28-10-3-7-25-22(28)31/h2-13H,14-15H2,1H3,(H2,26,27,30). The molecule has 0 atom stereocenters. The minimum absolute atomic E-state index is 0.318. The van der Waals surface area contributed by atoms with Gasteiger partial charge in [0.15, 0.2) is 0 Å². The van der Waals surface area contributed by atoms with Gasteiger partial charge in [-0.25, -0.2) is 24.5 Å². The summed E-state index contributed by atoms with van der Waals surface area (Å²) in [5.41, 5.74) is 2.11. The van der Waals surface area contributed by atoms with E-state index in [1.807, 2.05) is 48.0 Å². The molecule has 9 heteroatoms. The molecule has 3 aromatic heterocycles. The molecule has 0 aliphatic rings. The van der Waals surface area contributed by atoms with E-state index in [0.717, 1.165) is 22.8 Å². The van der Waals surface area contributed by atoms with Gasteiger partial charge in [-0.3, -0.25) is 9.13 Å². The number of imidazole rings is 1. The molecule has 0 fully saturated rings. The van der Waals surface area contributed by atoms with Gasteiger partial charge in [-0.05, 0) is 48.4 Å². The van der Waals surface area contributed by atoms with Gasteiger partial charge in [0.25, 0.3) is 0 Å². The zero-order valence-electron chi connectivity index (χ0n) is 16.9. The van der Waals surface area contributed by atoms with Gasteiger partial charge in [0, 0.05) is 43.2 Å². The van der Waals surface area contributed by atoms with E-state index >= 15 is 0 Å². The average Bonchev–Trinajstić information content (AvgIpc) is 3.20. The maximum Gasteiger partial charge on any atom is 0.347 e. The van der Waals surface area contributed by atoms with Crippen molar-refractivity contribution >= 4 is 11.7 Å². The number of nitrogens with one attached hydrogen (secondary N) is 2. The lowest BCUT2D eigenvalue weighted by atomic mass is 10.2. The highest BCUT2D eigenvalue weighted by atomic mass is 16.2. The third-order valence-electron chi connectivity index (χ3n) is 4.66. The summed E-state index contributed by atoms with van der Waals surface area (Å²) in [7, 11) is 0. The molecule has 2 N–H and O–H groups in total. The van der Waals surface area contributed by atoms with Crippen LogP contribution in [0.25, 0.3) is 5.82 Å². The topological polar surface area (TPSA) is 107 Å². The van der Waals surface area contributed by atoms with Gasteiger partial charge < -0.3 is 10.6 Å². The van der Waals surface area contributed by atoms with E-state index in [-0.39, 0.29) is 11.7 Å². The quantitative estimate of drug-likeness (QED) is 0.503. The molecule has 2 amide bonds. The summed E-state index contributed by atoms with van der Waals surface area (Å²) in [6.45, 7) is 2.62. The van der Waals surface area contributed by atoms with E-state index in [2.05, 4.69) is 25.6 Å². The second kappa shape index (κ2) is 9.04. The Bertz CT molecular complexity index is 1260. The number of hydrogen-bond acceptors (Lipinski definition) is 5. The Hall–Kier alpha value is -4.27. The molecule has 0 bridgehead atoms. The third kappa shape index (κ3) is 5.02. The molecule has 0 spiro atoms. The second-order valence-electron chi connectivity index (χ2n) is 6.90. The third-order valence-corrected chi connectivity index (χ3v) is 4.66. The highest BCUT2D eigenvalue weighted by Crippen LogP contribution is 2.12. The fourth-order valence-electron chi connectivity index (χ4n) is 3.13. The Kier molecular flexibility index (Phi) is 5.84. The van der Waals surface area contributed by atoms with E-state index in [4.69, 9.17) is 0 Å². The van der Waals surface area contributed by atoms with E-state index in [9.17, 15) is 9.59 Å². The van der Waals surface area contributed by atoms with Crippen LogP contribution in [0.5, 0.6) is 0 Å². The van der Waals surface area contributed by atoms with Crippen LogP contribution in [-0.4, -0.2) is 30.1 Å². The molecule has 156 valence electrons. The first-order valence-electron chi connectivity index (χ1n) is 9.69. The molecule has 3 heterocycles. The van der Waals surface area contributed by atoms with Crippen LogP contribution in [0.4, 0.5) is 10.5 Å². The number of amides is 2. The minimum atomic E-state index is -0.326. The van der Waals surface area contributed by atoms with Gasteiger partial charge in [0.2, 0.25) is 0 Å². The number of aryl methyl sites for hydroxylation is 1. The van der Waals surface area contributed by atoms with Crippen LogP contribution >= 0.6 is 0 Å². The van der Waals surface area contributed by atoms with Crippen LogP contribution in [0, 0.1) is 6.92 Å². The molecule has 9 nitrogen and oxygen atoms in total. The number of rotatable bonds is 6. The molecule has 0 saturated carbocycles. The van der Waals surface area contributed by atoms with Crippen molar-refractivity contribution in [3.8, 4) is 5.82 Å². The van der Waals surface area contributed by atoms with Crippen molar-refractivity contribution in [3.63, 3.8) is 0 Å². The molecule has 0 aliphatic carbocycles. The summed E-state index contributed by atoms with van der Waals surface area (Å²) in [6, 6.07) is 12.5. The van der Waals surface area contributed by atoms with E-state index in [1.165, 1.54) is 10.8 Å². The van der Waals surface area contributed by atoms with Gasteiger partial charge in [-0.15, -0.1) is 0 Å². The fraction of sp³-hybridized carbons (Fsp3) is 0.136. The Labute approximate surface area is 178 Å². The zero-order valence-corrected chi connectivity index (χ0v) is 16.9. The van der Waals surface area contributed by atoms with Gasteiger partial charge in [-0.1, -0.05) is 12.1 Å². The lowest BCUT2D eigenvalue weighted by Gasteiger charge is -2.11. The molecule has 31 heavy (non-hydrogen) atoms. The number of anilines is 1. The first-order chi connectivity index (χ1) is 15.1. The predicted molar refractivity (Wildman–Crippen MR) is 116 cm³/mol. The van der Waals surface area contributed by atoms with Crippen molar-refractivity contribution in [1.29, 1.82) is 0 Å². The number of pyridine rings is 1. The van der Waals surface area contributed by atoms with E-state index in [0.29, 0.717) is 18.8 Å². The number of aromatic nitrogens is 5. The Morgan fingerprint density at radius 2 is 1.87 bits per heavy atom. The fourth-order valence-corrected chi connectivity index (χ4v) is 3.13. The number of hydrogen-bond donors (Lipinski definition) is 2. The van der Waals surface area contributed by atoms with E-state index < -0.39 is 0 Å². The maximum absolute atomic E-state index is 12.4. The smallest absolute Gasteiger partial charge is 0.334 e. The van der Waals surface area contributed by atoms with Crippen molar-refractivity contribution in [2.24, 2.45) is 0 Å². The van der Waals surface area contributed by atoms with Crippen LogP contribution in [0.15, 0.2) is 78.2 Å².